The first-order valence-corrected chi connectivity index (χ1v) is 7.55. The number of anilines is 1. The summed E-state index contributed by atoms with van der Waals surface area (Å²) in [7, 11) is 0. The van der Waals surface area contributed by atoms with Crippen LogP contribution in [0.2, 0.25) is 5.02 Å². The Balaban J connectivity index is 0.00000208. The highest BCUT2D eigenvalue weighted by molar-refractivity contribution is 6.32. The molecule has 0 aliphatic heterocycles. The quantitative estimate of drug-likeness (QED) is 0.784. The Morgan fingerprint density at radius 1 is 1.25 bits per heavy atom. The third kappa shape index (κ3) is 3.06. The standard InChI is InChI=1S/C16H15ClF3N3.H3N/c1-7-3-4-9-6-8(2)11(10(9)5-7)13-12(17)14(16(18,19)20)23-15(21)22-13;/h3-5,8,11H,6H2,1-2H3,(H2,21,22,23);1H3/t8-,11+;/m0./s1. The summed E-state index contributed by atoms with van der Waals surface area (Å²) in [6.07, 6.45) is -3.90. The SMILES string of the molecule is Cc1ccc2c(c1)[C@H](c1nc(N)nc(C(F)(F)F)c1Cl)[C@@H](C)C2.N. The minimum absolute atomic E-state index is 0. The van der Waals surface area contributed by atoms with Crippen molar-refractivity contribution >= 4 is 17.5 Å². The molecule has 0 fully saturated rings. The number of halogens is 4. The lowest BCUT2D eigenvalue weighted by atomic mass is 9.89. The third-order valence-electron chi connectivity index (χ3n) is 4.20. The second-order valence-corrected chi connectivity index (χ2v) is 6.37. The van der Waals surface area contributed by atoms with Crippen molar-refractivity contribution in [1.29, 1.82) is 0 Å². The molecule has 1 aromatic carbocycles. The Labute approximate surface area is 142 Å². The smallest absolute Gasteiger partial charge is 0.368 e. The Hall–Kier alpha value is -1.86. The van der Waals surface area contributed by atoms with Gasteiger partial charge in [0.1, 0.15) is 0 Å². The van der Waals surface area contributed by atoms with Crippen molar-refractivity contribution in [3.63, 3.8) is 0 Å². The van der Waals surface area contributed by atoms with Gasteiger partial charge in [-0.25, -0.2) is 9.97 Å². The van der Waals surface area contributed by atoms with Gasteiger partial charge in [-0.2, -0.15) is 13.2 Å². The van der Waals surface area contributed by atoms with Crippen molar-refractivity contribution in [2.24, 2.45) is 5.92 Å². The van der Waals surface area contributed by atoms with Crippen LogP contribution in [0.4, 0.5) is 19.1 Å². The maximum atomic E-state index is 13.1. The van der Waals surface area contributed by atoms with Gasteiger partial charge in [0.25, 0.3) is 0 Å². The Morgan fingerprint density at radius 2 is 1.92 bits per heavy atom. The maximum Gasteiger partial charge on any atom is 0.435 e. The summed E-state index contributed by atoms with van der Waals surface area (Å²) in [6.45, 7) is 3.92. The molecule has 1 aliphatic carbocycles. The summed E-state index contributed by atoms with van der Waals surface area (Å²) in [5.74, 6) is -0.645. The van der Waals surface area contributed by atoms with E-state index in [0.29, 0.717) is 0 Å². The molecule has 1 heterocycles. The van der Waals surface area contributed by atoms with Gasteiger partial charge in [-0.3, -0.25) is 0 Å². The molecule has 0 radical (unpaired) electrons. The normalized spacial score (nSPS) is 19.8. The van der Waals surface area contributed by atoms with Gasteiger partial charge in [-0.05, 0) is 30.4 Å². The first-order valence-electron chi connectivity index (χ1n) is 7.18. The van der Waals surface area contributed by atoms with Crippen LogP contribution in [-0.4, -0.2) is 9.97 Å². The molecule has 0 saturated heterocycles. The number of aryl methyl sites for hydroxylation is 1. The van der Waals surface area contributed by atoms with Gasteiger partial charge in [0.2, 0.25) is 5.95 Å². The van der Waals surface area contributed by atoms with E-state index in [0.717, 1.165) is 23.1 Å². The molecule has 4 nitrogen and oxygen atoms in total. The summed E-state index contributed by atoms with van der Waals surface area (Å²) in [6, 6.07) is 5.97. The number of nitrogen functional groups attached to an aromatic ring is 1. The van der Waals surface area contributed by atoms with Crippen LogP contribution >= 0.6 is 11.6 Å². The fraction of sp³-hybridized carbons (Fsp3) is 0.375. The summed E-state index contributed by atoms with van der Waals surface area (Å²) in [5.41, 5.74) is 7.60. The van der Waals surface area contributed by atoms with Crippen LogP contribution < -0.4 is 11.9 Å². The highest BCUT2D eigenvalue weighted by atomic mass is 35.5. The molecule has 0 bridgehead atoms. The average molecular weight is 359 g/mol. The summed E-state index contributed by atoms with van der Waals surface area (Å²) in [5, 5.41) is -0.460. The molecule has 0 spiro atoms. The topological polar surface area (TPSA) is 86.8 Å². The predicted molar refractivity (Wildman–Crippen MR) is 87.4 cm³/mol. The van der Waals surface area contributed by atoms with E-state index in [4.69, 9.17) is 17.3 Å². The van der Waals surface area contributed by atoms with E-state index in [-0.39, 0.29) is 23.7 Å². The van der Waals surface area contributed by atoms with E-state index in [9.17, 15) is 13.2 Å². The molecule has 3 rings (SSSR count). The fourth-order valence-corrected chi connectivity index (χ4v) is 3.56. The molecule has 5 N–H and O–H groups in total. The Kier molecular flexibility index (Phi) is 4.79. The highest BCUT2D eigenvalue weighted by Crippen LogP contribution is 2.46. The molecule has 0 amide bonds. The van der Waals surface area contributed by atoms with Crippen LogP contribution in [-0.2, 0) is 12.6 Å². The predicted octanol–water partition coefficient (Wildman–Crippen LogP) is 4.53. The minimum atomic E-state index is -4.67. The van der Waals surface area contributed by atoms with Gasteiger partial charge in [-0.15, -0.1) is 0 Å². The number of fused-ring (bicyclic) bond motifs is 1. The average Bonchev–Trinajstić information content (AvgIpc) is 2.75. The van der Waals surface area contributed by atoms with Crippen LogP contribution in [0.15, 0.2) is 18.2 Å². The van der Waals surface area contributed by atoms with Gasteiger partial charge in [0, 0.05) is 5.92 Å². The van der Waals surface area contributed by atoms with Crippen molar-refractivity contribution in [1.82, 2.24) is 16.1 Å². The van der Waals surface area contributed by atoms with Gasteiger partial charge >= 0.3 is 6.18 Å². The lowest BCUT2D eigenvalue weighted by molar-refractivity contribution is -0.141. The number of alkyl halides is 3. The molecule has 130 valence electrons. The van der Waals surface area contributed by atoms with E-state index < -0.39 is 22.8 Å². The molecule has 2 atom stereocenters. The molecular formula is C16H18ClF3N4. The Morgan fingerprint density at radius 3 is 2.54 bits per heavy atom. The minimum Gasteiger partial charge on any atom is -0.368 e. The van der Waals surface area contributed by atoms with E-state index in [1.165, 1.54) is 0 Å². The lowest BCUT2D eigenvalue weighted by Crippen LogP contribution is -2.17. The van der Waals surface area contributed by atoms with Crippen molar-refractivity contribution in [3.05, 3.63) is 51.3 Å². The van der Waals surface area contributed by atoms with Crippen molar-refractivity contribution in [3.8, 4) is 0 Å². The number of rotatable bonds is 1. The zero-order valence-corrected chi connectivity index (χ0v) is 14.0. The van der Waals surface area contributed by atoms with E-state index in [1.54, 1.807) is 0 Å². The van der Waals surface area contributed by atoms with Crippen molar-refractivity contribution in [2.45, 2.75) is 32.4 Å². The molecule has 24 heavy (non-hydrogen) atoms. The van der Waals surface area contributed by atoms with Crippen LogP contribution in [0.3, 0.4) is 0 Å². The summed E-state index contributed by atoms with van der Waals surface area (Å²) in [4.78, 5) is 7.33. The lowest BCUT2D eigenvalue weighted by Gasteiger charge is -2.20. The van der Waals surface area contributed by atoms with Gasteiger partial charge in [-0.1, -0.05) is 42.3 Å². The maximum absolute atomic E-state index is 13.1. The summed E-state index contributed by atoms with van der Waals surface area (Å²) >= 11 is 6.02. The van der Waals surface area contributed by atoms with Crippen molar-refractivity contribution in [2.75, 3.05) is 5.73 Å². The number of nitrogens with two attached hydrogens (primary N) is 1. The number of nitrogens with zero attached hydrogens (tertiary/aromatic N) is 2. The molecule has 0 unspecified atom stereocenters. The van der Waals surface area contributed by atoms with E-state index in [2.05, 4.69) is 9.97 Å². The monoisotopic (exact) mass is 358 g/mol. The number of aromatic nitrogens is 2. The Bertz CT molecular complexity index is 777. The van der Waals surface area contributed by atoms with Crippen LogP contribution in [0.1, 0.15) is 40.9 Å². The number of benzene rings is 1. The third-order valence-corrected chi connectivity index (χ3v) is 4.58. The van der Waals surface area contributed by atoms with Gasteiger partial charge < -0.3 is 11.9 Å². The van der Waals surface area contributed by atoms with Gasteiger partial charge in [0.15, 0.2) is 5.69 Å². The number of hydrogen-bond acceptors (Lipinski definition) is 4. The van der Waals surface area contributed by atoms with Gasteiger partial charge in [0.05, 0.1) is 10.7 Å². The first kappa shape index (κ1) is 18.5. The summed E-state index contributed by atoms with van der Waals surface area (Å²) < 4.78 is 39.4. The molecule has 2 aromatic rings. The van der Waals surface area contributed by atoms with Crippen LogP contribution in [0, 0.1) is 12.8 Å². The van der Waals surface area contributed by atoms with Crippen molar-refractivity contribution < 1.29 is 13.2 Å². The fourth-order valence-electron chi connectivity index (χ4n) is 3.25. The molecule has 8 heteroatoms. The van der Waals surface area contributed by atoms with E-state index in [1.807, 2.05) is 32.0 Å². The second kappa shape index (κ2) is 6.22. The first-order chi connectivity index (χ1) is 10.7. The molecule has 0 saturated carbocycles. The largest absolute Gasteiger partial charge is 0.435 e. The molecule has 1 aliphatic rings. The van der Waals surface area contributed by atoms with Crippen LogP contribution in [0.25, 0.3) is 0 Å². The molecular weight excluding hydrogens is 341 g/mol. The van der Waals surface area contributed by atoms with E-state index >= 15 is 0 Å². The highest BCUT2D eigenvalue weighted by Gasteiger charge is 2.40. The zero-order valence-electron chi connectivity index (χ0n) is 13.3. The second-order valence-electron chi connectivity index (χ2n) is 5.99. The number of hydrogen-bond donors (Lipinski definition) is 2. The molecule has 1 aromatic heterocycles. The zero-order chi connectivity index (χ0) is 16.9. The van der Waals surface area contributed by atoms with Crippen LogP contribution in [0.5, 0.6) is 0 Å².